The second kappa shape index (κ2) is 4.00. The molecular formula is C17H26S2. The van der Waals surface area contributed by atoms with Crippen LogP contribution in [0, 0.1) is 16.7 Å². The van der Waals surface area contributed by atoms with Gasteiger partial charge in [0.1, 0.15) is 0 Å². The van der Waals surface area contributed by atoms with Crippen molar-refractivity contribution < 1.29 is 0 Å². The summed E-state index contributed by atoms with van der Waals surface area (Å²) >= 11 is 4.66. The predicted octanol–water partition coefficient (Wildman–Crippen LogP) is 5.49. The Labute approximate surface area is 126 Å². The number of thioether (sulfide) groups is 2. The van der Waals surface area contributed by atoms with Crippen LogP contribution < -0.4 is 0 Å². The van der Waals surface area contributed by atoms with Crippen molar-refractivity contribution in [2.45, 2.75) is 63.4 Å². The number of fused-ring (bicyclic) bond motifs is 1. The van der Waals surface area contributed by atoms with E-state index in [9.17, 15) is 0 Å². The quantitative estimate of drug-likeness (QED) is 0.542. The minimum Gasteiger partial charge on any atom is -0.143 e. The van der Waals surface area contributed by atoms with Crippen molar-refractivity contribution in [3.8, 4) is 0 Å². The topological polar surface area (TPSA) is 0 Å². The van der Waals surface area contributed by atoms with Crippen LogP contribution in [0.15, 0.2) is 11.1 Å². The fourth-order valence-corrected chi connectivity index (χ4v) is 10.4. The van der Waals surface area contributed by atoms with Crippen LogP contribution in [0.1, 0.15) is 59.3 Å². The SMILES string of the molecule is CC1=C2CCC[C@]23CC(C)(C)CC2(SCCCS2)[C@H]13. The molecular weight excluding hydrogens is 268 g/mol. The van der Waals surface area contributed by atoms with Crippen LogP contribution in [-0.4, -0.2) is 15.6 Å². The van der Waals surface area contributed by atoms with Crippen molar-refractivity contribution in [3.05, 3.63) is 11.1 Å². The molecule has 2 saturated carbocycles. The van der Waals surface area contributed by atoms with E-state index in [-0.39, 0.29) is 0 Å². The highest BCUT2D eigenvalue weighted by molar-refractivity contribution is 8.18. The van der Waals surface area contributed by atoms with Gasteiger partial charge in [-0.15, -0.1) is 23.5 Å². The van der Waals surface area contributed by atoms with E-state index in [4.69, 9.17) is 0 Å². The second-order valence-corrected chi connectivity index (χ2v) is 11.1. The maximum Gasteiger partial charge on any atom is 0.0689 e. The van der Waals surface area contributed by atoms with E-state index in [0.29, 0.717) is 14.9 Å². The van der Waals surface area contributed by atoms with Gasteiger partial charge >= 0.3 is 0 Å². The largest absolute Gasteiger partial charge is 0.143 e. The Hall–Kier alpha value is 0.440. The first-order valence-corrected chi connectivity index (χ1v) is 9.94. The molecule has 0 amide bonds. The summed E-state index contributed by atoms with van der Waals surface area (Å²) in [6, 6.07) is 0. The molecule has 0 nitrogen and oxygen atoms in total. The maximum absolute atomic E-state index is 2.54. The normalized spacial score (nSPS) is 42.8. The van der Waals surface area contributed by atoms with Crippen LogP contribution in [0.5, 0.6) is 0 Å². The average Bonchev–Trinajstić information content (AvgIpc) is 2.65. The van der Waals surface area contributed by atoms with Crippen molar-refractivity contribution in [2.75, 3.05) is 11.5 Å². The smallest absolute Gasteiger partial charge is 0.0689 e. The summed E-state index contributed by atoms with van der Waals surface area (Å²) in [5.41, 5.74) is 4.90. The average molecular weight is 295 g/mol. The first-order valence-electron chi connectivity index (χ1n) is 7.97. The summed E-state index contributed by atoms with van der Waals surface area (Å²) < 4.78 is 0.540. The van der Waals surface area contributed by atoms with Gasteiger partial charge in [0.15, 0.2) is 0 Å². The molecule has 1 heterocycles. The number of rotatable bonds is 0. The van der Waals surface area contributed by atoms with Gasteiger partial charge in [-0.05, 0) is 62.4 Å². The van der Waals surface area contributed by atoms with E-state index in [1.807, 2.05) is 11.1 Å². The molecule has 4 aliphatic rings. The highest BCUT2D eigenvalue weighted by Crippen LogP contribution is 2.76. The molecule has 19 heavy (non-hydrogen) atoms. The third kappa shape index (κ3) is 1.62. The Kier molecular flexibility index (Phi) is 2.76. The lowest BCUT2D eigenvalue weighted by atomic mass is 9.47. The molecule has 2 spiro atoms. The third-order valence-electron chi connectivity index (χ3n) is 6.05. The van der Waals surface area contributed by atoms with Crippen LogP contribution in [-0.2, 0) is 0 Å². The summed E-state index contributed by atoms with van der Waals surface area (Å²) in [4.78, 5) is 0. The molecule has 0 N–H and O–H groups in total. The predicted molar refractivity (Wildman–Crippen MR) is 87.8 cm³/mol. The zero-order valence-corrected chi connectivity index (χ0v) is 14.2. The molecule has 0 aromatic heterocycles. The molecule has 1 aliphatic heterocycles. The summed E-state index contributed by atoms with van der Waals surface area (Å²) in [5.74, 6) is 3.72. The first-order chi connectivity index (χ1) is 8.99. The summed E-state index contributed by atoms with van der Waals surface area (Å²) in [6.07, 6.45) is 8.71. The summed E-state index contributed by atoms with van der Waals surface area (Å²) in [6.45, 7) is 7.55. The monoisotopic (exact) mass is 294 g/mol. The van der Waals surface area contributed by atoms with Gasteiger partial charge in [0.25, 0.3) is 0 Å². The first kappa shape index (κ1) is 13.1. The van der Waals surface area contributed by atoms with E-state index in [0.717, 1.165) is 5.92 Å². The second-order valence-electron chi connectivity index (χ2n) is 7.98. The molecule has 3 aliphatic carbocycles. The van der Waals surface area contributed by atoms with Gasteiger partial charge in [0.05, 0.1) is 4.08 Å². The van der Waals surface area contributed by atoms with Crippen LogP contribution >= 0.6 is 23.5 Å². The molecule has 0 radical (unpaired) electrons. The van der Waals surface area contributed by atoms with Crippen molar-refractivity contribution >= 4 is 23.5 Å². The standard InChI is InChI=1S/C17H26S2/c1-12-13-6-4-7-16(13)10-15(2,3)11-17(14(12)16)18-8-5-9-19-17/h14H,4-11H2,1-3H3/t14-,16+/m1/s1. The van der Waals surface area contributed by atoms with Gasteiger partial charge in [-0.2, -0.15) is 0 Å². The fourth-order valence-electron chi connectivity index (χ4n) is 5.99. The number of hydrogen-bond donors (Lipinski definition) is 0. The van der Waals surface area contributed by atoms with E-state index < -0.39 is 0 Å². The van der Waals surface area contributed by atoms with Gasteiger partial charge in [0.2, 0.25) is 0 Å². The highest BCUT2D eigenvalue weighted by atomic mass is 32.2. The lowest BCUT2D eigenvalue weighted by Crippen LogP contribution is -2.58. The van der Waals surface area contributed by atoms with E-state index in [1.54, 1.807) is 0 Å². The molecule has 3 fully saturated rings. The lowest BCUT2D eigenvalue weighted by Gasteiger charge is -2.65. The Morgan fingerprint density at radius 2 is 1.79 bits per heavy atom. The van der Waals surface area contributed by atoms with Gasteiger partial charge in [0, 0.05) is 11.3 Å². The lowest BCUT2D eigenvalue weighted by molar-refractivity contribution is 0.0403. The minimum atomic E-state index is 0.540. The van der Waals surface area contributed by atoms with Crippen molar-refractivity contribution in [3.63, 3.8) is 0 Å². The molecule has 0 aromatic rings. The van der Waals surface area contributed by atoms with Crippen LogP contribution in [0.2, 0.25) is 0 Å². The molecule has 2 heteroatoms. The van der Waals surface area contributed by atoms with Gasteiger partial charge in [-0.1, -0.05) is 25.0 Å². The molecule has 0 bridgehead atoms. The van der Waals surface area contributed by atoms with Crippen LogP contribution in [0.25, 0.3) is 0 Å². The third-order valence-corrected chi connectivity index (χ3v) is 9.48. The molecule has 0 unspecified atom stereocenters. The fraction of sp³-hybridized carbons (Fsp3) is 0.882. The van der Waals surface area contributed by atoms with Gasteiger partial charge < -0.3 is 0 Å². The van der Waals surface area contributed by atoms with Gasteiger partial charge in [-0.3, -0.25) is 0 Å². The molecule has 4 rings (SSSR count). The van der Waals surface area contributed by atoms with E-state index in [2.05, 4.69) is 44.3 Å². The Bertz CT molecular complexity index is 442. The summed E-state index contributed by atoms with van der Waals surface area (Å²) in [5, 5.41) is 0. The number of hydrogen-bond acceptors (Lipinski definition) is 2. The zero-order chi connectivity index (χ0) is 13.3. The van der Waals surface area contributed by atoms with E-state index >= 15 is 0 Å². The van der Waals surface area contributed by atoms with Gasteiger partial charge in [-0.25, -0.2) is 0 Å². The Balaban J connectivity index is 1.81. The van der Waals surface area contributed by atoms with Crippen molar-refractivity contribution in [1.82, 2.24) is 0 Å². The maximum atomic E-state index is 2.54. The Morgan fingerprint density at radius 3 is 2.53 bits per heavy atom. The minimum absolute atomic E-state index is 0.540. The molecule has 2 atom stereocenters. The summed E-state index contributed by atoms with van der Waals surface area (Å²) in [7, 11) is 0. The van der Waals surface area contributed by atoms with Crippen molar-refractivity contribution in [1.29, 1.82) is 0 Å². The van der Waals surface area contributed by atoms with Crippen molar-refractivity contribution in [2.24, 2.45) is 16.7 Å². The van der Waals surface area contributed by atoms with Crippen LogP contribution in [0.4, 0.5) is 0 Å². The molecule has 1 saturated heterocycles. The zero-order valence-electron chi connectivity index (χ0n) is 12.6. The number of allylic oxidation sites excluding steroid dienone is 2. The van der Waals surface area contributed by atoms with Crippen LogP contribution in [0.3, 0.4) is 0 Å². The van der Waals surface area contributed by atoms with E-state index in [1.165, 1.54) is 50.0 Å². The Morgan fingerprint density at radius 1 is 1.05 bits per heavy atom. The highest BCUT2D eigenvalue weighted by Gasteiger charge is 2.66. The molecule has 0 aromatic carbocycles. The molecule has 106 valence electrons.